The van der Waals surface area contributed by atoms with E-state index in [2.05, 4.69) is 10.00 Å². The van der Waals surface area contributed by atoms with Gasteiger partial charge in [0.05, 0.1) is 11.9 Å². The first-order valence-corrected chi connectivity index (χ1v) is 9.62. The molecule has 8 nitrogen and oxygen atoms in total. The summed E-state index contributed by atoms with van der Waals surface area (Å²) in [5.74, 6) is -3.06. The highest BCUT2D eigenvalue weighted by Crippen LogP contribution is 2.21. The van der Waals surface area contributed by atoms with Crippen LogP contribution in [0.2, 0.25) is 0 Å². The molecule has 32 heavy (non-hydrogen) atoms. The van der Waals surface area contributed by atoms with Gasteiger partial charge in [0.2, 0.25) is 0 Å². The normalized spacial score (nSPS) is 14.5. The van der Waals surface area contributed by atoms with Crippen LogP contribution in [0.3, 0.4) is 0 Å². The van der Waals surface area contributed by atoms with Crippen LogP contribution < -0.4 is 16.2 Å². The molecular formula is C20H22F4N4O4. The second kappa shape index (κ2) is 10.8. The second-order valence-electron chi connectivity index (χ2n) is 7.11. The fourth-order valence-electron chi connectivity index (χ4n) is 3.03. The van der Waals surface area contributed by atoms with Crippen molar-refractivity contribution in [3.63, 3.8) is 0 Å². The Kier molecular flexibility index (Phi) is 8.47. The molecule has 0 amide bonds. The molecule has 0 unspecified atom stereocenters. The fraction of sp³-hybridized carbons (Fsp3) is 0.400. The van der Waals surface area contributed by atoms with Gasteiger partial charge in [-0.2, -0.15) is 18.3 Å². The summed E-state index contributed by atoms with van der Waals surface area (Å²) in [4.78, 5) is 35.5. The Morgan fingerprint density at radius 3 is 2.31 bits per heavy atom. The van der Waals surface area contributed by atoms with Crippen LogP contribution in [0.5, 0.6) is 0 Å². The maximum atomic E-state index is 13.2. The predicted molar refractivity (Wildman–Crippen MR) is 107 cm³/mol. The Labute approximate surface area is 180 Å². The molecule has 2 aromatic rings. The van der Waals surface area contributed by atoms with Gasteiger partial charge in [0.15, 0.2) is 5.78 Å². The number of hydrogen-bond donors (Lipinski definition) is 2. The van der Waals surface area contributed by atoms with E-state index >= 15 is 0 Å². The maximum absolute atomic E-state index is 13.2. The van der Waals surface area contributed by atoms with Gasteiger partial charge in [-0.3, -0.25) is 9.59 Å². The van der Waals surface area contributed by atoms with Crippen molar-refractivity contribution in [3.8, 4) is 0 Å². The van der Waals surface area contributed by atoms with Crippen molar-refractivity contribution in [1.29, 1.82) is 0 Å². The largest absolute Gasteiger partial charge is 0.490 e. The number of aromatic nitrogens is 2. The van der Waals surface area contributed by atoms with Gasteiger partial charge in [-0.05, 0) is 37.4 Å². The molecule has 0 radical (unpaired) electrons. The molecule has 1 aromatic heterocycles. The SMILES string of the molecule is NCC1CCN(c2cnn(CC(=O)c3cccc(F)c3)c(=O)c2)CC1.O=C(O)C(F)(F)F. The Bertz CT molecular complexity index is 1000. The lowest BCUT2D eigenvalue weighted by Crippen LogP contribution is -2.37. The Hall–Kier alpha value is -3.28. The first-order valence-electron chi connectivity index (χ1n) is 9.62. The van der Waals surface area contributed by atoms with E-state index in [0.29, 0.717) is 12.5 Å². The average Bonchev–Trinajstić information content (AvgIpc) is 2.75. The van der Waals surface area contributed by atoms with Gasteiger partial charge >= 0.3 is 12.1 Å². The lowest BCUT2D eigenvalue weighted by atomic mass is 9.97. The number of Topliss-reactive ketones (excluding diaryl/α,β-unsaturated/α-hetero) is 1. The average molecular weight is 458 g/mol. The van der Waals surface area contributed by atoms with E-state index in [0.717, 1.165) is 42.4 Å². The molecule has 1 fully saturated rings. The van der Waals surface area contributed by atoms with E-state index in [1.807, 2.05) is 0 Å². The number of carbonyl (C=O) groups excluding carboxylic acids is 1. The summed E-state index contributed by atoms with van der Waals surface area (Å²) < 4.78 is 46.0. The van der Waals surface area contributed by atoms with Crippen LogP contribution in [0.1, 0.15) is 23.2 Å². The number of carboxylic acid groups (broad SMARTS) is 1. The van der Waals surface area contributed by atoms with E-state index in [9.17, 15) is 27.2 Å². The number of rotatable bonds is 5. The summed E-state index contributed by atoms with van der Waals surface area (Å²) in [5, 5.41) is 11.2. The molecule has 1 aliphatic heterocycles. The molecule has 0 saturated carbocycles. The van der Waals surface area contributed by atoms with Gasteiger partial charge in [-0.25, -0.2) is 13.9 Å². The van der Waals surface area contributed by atoms with E-state index in [4.69, 9.17) is 15.6 Å². The molecule has 3 rings (SSSR count). The van der Waals surface area contributed by atoms with Crippen LogP contribution in [0, 0.1) is 11.7 Å². The zero-order valence-electron chi connectivity index (χ0n) is 16.9. The van der Waals surface area contributed by atoms with Crippen molar-refractivity contribution < 1.29 is 32.3 Å². The molecule has 0 atom stereocenters. The third kappa shape index (κ3) is 7.15. The van der Waals surface area contributed by atoms with Gasteiger partial charge in [0.1, 0.15) is 12.4 Å². The third-order valence-corrected chi connectivity index (χ3v) is 4.85. The summed E-state index contributed by atoms with van der Waals surface area (Å²) in [5.41, 5.74) is 6.33. The minimum absolute atomic E-state index is 0.211. The molecule has 0 bridgehead atoms. The van der Waals surface area contributed by atoms with Crippen molar-refractivity contribution in [1.82, 2.24) is 9.78 Å². The van der Waals surface area contributed by atoms with Crippen molar-refractivity contribution in [2.45, 2.75) is 25.6 Å². The number of hydrogen-bond acceptors (Lipinski definition) is 6. The van der Waals surface area contributed by atoms with Crippen LogP contribution in [0.25, 0.3) is 0 Å². The molecule has 1 aromatic carbocycles. The predicted octanol–water partition coefficient (Wildman–Crippen LogP) is 2.07. The van der Waals surface area contributed by atoms with Crippen LogP contribution in [-0.4, -0.2) is 52.5 Å². The highest BCUT2D eigenvalue weighted by Gasteiger charge is 2.38. The number of anilines is 1. The van der Waals surface area contributed by atoms with Crippen LogP contribution >= 0.6 is 0 Å². The summed E-state index contributed by atoms with van der Waals surface area (Å²) in [7, 11) is 0. The molecule has 1 aliphatic rings. The van der Waals surface area contributed by atoms with E-state index < -0.39 is 18.0 Å². The lowest BCUT2D eigenvalue weighted by Gasteiger charge is -2.32. The van der Waals surface area contributed by atoms with Gasteiger partial charge in [0, 0.05) is 24.7 Å². The third-order valence-electron chi connectivity index (χ3n) is 4.85. The highest BCUT2D eigenvalue weighted by atomic mass is 19.4. The number of benzene rings is 1. The minimum atomic E-state index is -5.08. The first-order chi connectivity index (χ1) is 15.0. The number of nitrogens with two attached hydrogens (primary N) is 1. The molecule has 0 spiro atoms. The molecule has 1 saturated heterocycles. The molecule has 174 valence electrons. The summed E-state index contributed by atoms with van der Waals surface area (Å²) in [6.45, 7) is 2.16. The number of carboxylic acids is 1. The quantitative estimate of drug-likeness (QED) is 0.520. The molecule has 2 heterocycles. The fourth-order valence-corrected chi connectivity index (χ4v) is 3.03. The van der Waals surface area contributed by atoms with Crippen molar-refractivity contribution >= 4 is 17.4 Å². The van der Waals surface area contributed by atoms with Crippen molar-refractivity contribution in [2.75, 3.05) is 24.5 Å². The molecular weight excluding hydrogens is 436 g/mol. The number of piperidine rings is 1. The number of aliphatic carboxylic acids is 1. The number of carbonyl (C=O) groups is 2. The zero-order valence-corrected chi connectivity index (χ0v) is 16.9. The number of ketones is 1. The standard InChI is InChI=1S/C18H21FN4O2.C2HF3O2/c19-15-3-1-2-14(8-15)17(24)12-23-18(25)9-16(11-21-23)22-6-4-13(10-20)5-7-22;3-2(4,5)1(6)7/h1-3,8-9,11,13H,4-7,10,12,20H2;(H,6,7). The van der Waals surface area contributed by atoms with Gasteiger partial charge in [-0.1, -0.05) is 12.1 Å². The molecule has 3 N–H and O–H groups in total. The van der Waals surface area contributed by atoms with Gasteiger partial charge in [-0.15, -0.1) is 0 Å². The Balaban J connectivity index is 0.000000451. The van der Waals surface area contributed by atoms with Gasteiger partial charge in [0.25, 0.3) is 5.56 Å². The number of nitrogens with zero attached hydrogens (tertiary/aromatic N) is 3. The Morgan fingerprint density at radius 2 is 1.81 bits per heavy atom. The highest BCUT2D eigenvalue weighted by molar-refractivity contribution is 5.95. The Morgan fingerprint density at radius 1 is 1.19 bits per heavy atom. The maximum Gasteiger partial charge on any atom is 0.490 e. The van der Waals surface area contributed by atoms with Crippen molar-refractivity contribution in [3.05, 3.63) is 58.3 Å². The van der Waals surface area contributed by atoms with Gasteiger partial charge < -0.3 is 15.7 Å². The van der Waals surface area contributed by atoms with E-state index in [-0.39, 0.29) is 23.5 Å². The van der Waals surface area contributed by atoms with Crippen LogP contribution in [0.15, 0.2) is 41.3 Å². The minimum Gasteiger partial charge on any atom is -0.475 e. The second-order valence-corrected chi connectivity index (χ2v) is 7.11. The summed E-state index contributed by atoms with van der Waals surface area (Å²) in [6.07, 6.45) is -1.49. The van der Waals surface area contributed by atoms with Crippen molar-refractivity contribution in [2.24, 2.45) is 11.7 Å². The zero-order chi connectivity index (χ0) is 23.9. The summed E-state index contributed by atoms with van der Waals surface area (Å²) >= 11 is 0. The van der Waals surface area contributed by atoms with Crippen LogP contribution in [0.4, 0.5) is 23.2 Å². The van der Waals surface area contributed by atoms with E-state index in [1.54, 1.807) is 6.20 Å². The number of halogens is 4. The van der Waals surface area contributed by atoms with Crippen LogP contribution in [-0.2, 0) is 11.3 Å². The smallest absolute Gasteiger partial charge is 0.475 e. The lowest BCUT2D eigenvalue weighted by molar-refractivity contribution is -0.192. The molecule has 0 aliphatic carbocycles. The first kappa shape index (κ1) is 25.0. The topological polar surface area (TPSA) is 119 Å². The van der Waals surface area contributed by atoms with E-state index in [1.165, 1.54) is 24.3 Å². The molecule has 12 heteroatoms. The number of alkyl halides is 3. The summed E-state index contributed by atoms with van der Waals surface area (Å²) in [6, 6.07) is 6.90. The monoisotopic (exact) mass is 458 g/mol.